The number of aryl methyl sites for hydroxylation is 1. The lowest BCUT2D eigenvalue weighted by Crippen LogP contribution is -2.28. The van der Waals surface area contributed by atoms with E-state index in [2.05, 4.69) is 48.5 Å². The molecule has 128 valence electrons. The van der Waals surface area contributed by atoms with Crippen molar-refractivity contribution < 1.29 is 4.79 Å². The summed E-state index contributed by atoms with van der Waals surface area (Å²) in [5, 5.41) is 7.32. The molecule has 1 amide bonds. The number of nitrogens with one attached hydrogen (secondary N) is 1. The molecule has 0 radical (unpaired) electrons. The summed E-state index contributed by atoms with van der Waals surface area (Å²) in [6, 6.07) is 17.9. The van der Waals surface area contributed by atoms with E-state index in [4.69, 9.17) is 0 Å². The van der Waals surface area contributed by atoms with Crippen LogP contribution in [0.25, 0.3) is 0 Å². The first kappa shape index (κ1) is 17.0. The standard InChI is InChI=1S/C21H23N3O/c1-3-20(18-9-5-16(2)6-10-18)23-21(25)19-11-7-17(8-12-19)15-24-14-4-13-22-24/h4-14,20H,3,15H2,1-2H3,(H,23,25). The maximum Gasteiger partial charge on any atom is 0.251 e. The molecule has 0 saturated heterocycles. The molecule has 0 spiro atoms. The minimum Gasteiger partial charge on any atom is -0.345 e. The van der Waals surface area contributed by atoms with Gasteiger partial charge in [-0.1, -0.05) is 48.9 Å². The number of hydrogen-bond acceptors (Lipinski definition) is 2. The zero-order valence-electron chi connectivity index (χ0n) is 14.6. The highest BCUT2D eigenvalue weighted by atomic mass is 16.1. The highest BCUT2D eigenvalue weighted by Crippen LogP contribution is 2.18. The average molecular weight is 333 g/mol. The maximum atomic E-state index is 12.6. The molecule has 0 aliphatic rings. The van der Waals surface area contributed by atoms with Gasteiger partial charge in [-0.05, 0) is 42.7 Å². The van der Waals surface area contributed by atoms with Crippen LogP contribution in [0, 0.1) is 6.92 Å². The Hall–Kier alpha value is -2.88. The summed E-state index contributed by atoms with van der Waals surface area (Å²) in [4.78, 5) is 12.6. The molecule has 0 bridgehead atoms. The van der Waals surface area contributed by atoms with Crippen LogP contribution in [0.4, 0.5) is 0 Å². The molecule has 1 atom stereocenters. The van der Waals surface area contributed by atoms with Crippen LogP contribution in [0.5, 0.6) is 0 Å². The van der Waals surface area contributed by atoms with E-state index in [1.165, 1.54) is 5.56 Å². The predicted molar refractivity (Wildman–Crippen MR) is 99.4 cm³/mol. The van der Waals surface area contributed by atoms with E-state index in [0.717, 1.165) is 17.5 Å². The Balaban J connectivity index is 1.66. The Morgan fingerprint density at radius 1 is 1.12 bits per heavy atom. The smallest absolute Gasteiger partial charge is 0.251 e. The average Bonchev–Trinajstić information content (AvgIpc) is 3.14. The topological polar surface area (TPSA) is 46.9 Å². The molecular formula is C21H23N3O. The van der Waals surface area contributed by atoms with E-state index >= 15 is 0 Å². The van der Waals surface area contributed by atoms with E-state index in [-0.39, 0.29) is 11.9 Å². The highest BCUT2D eigenvalue weighted by molar-refractivity contribution is 5.94. The minimum absolute atomic E-state index is 0.0249. The summed E-state index contributed by atoms with van der Waals surface area (Å²) in [5.41, 5.74) is 4.15. The number of carbonyl (C=O) groups is 1. The fourth-order valence-corrected chi connectivity index (χ4v) is 2.80. The normalized spacial score (nSPS) is 11.9. The van der Waals surface area contributed by atoms with Crippen LogP contribution < -0.4 is 5.32 Å². The SMILES string of the molecule is CCC(NC(=O)c1ccc(Cn2cccn2)cc1)c1ccc(C)cc1. The van der Waals surface area contributed by atoms with Crippen LogP contribution >= 0.6 is 0 Å². The van der Waals surface area contributed by atoms with Gasteiger partial charge in [-0.25, -0.2) is 0 Å². The molecule has 1 N–H and O–H groups in total. The molecule has 2 aromatic carbocycles. The van der Waals surface area contributed by atoms with Gasteiger partial charge in [-0.15, -0.1) is 0 Å². The lowest BCUT2D eigenvalue weighted by atomic mass is 10.0. The molecule has 1 aromatic heterocycles. The Morgan fingerprint density at radius 3 is 2.44 bits per heavy atom. The summed E-state index contributed by atoms with van der Waals surface area (Å²) in [6.45, 7) is 4.85. The zero-order valence-corrected chi connectivity index (χ0v) is 14.6. The van der Waals surface area contributed by atoms with Crippen molar-refractivity contribution in [3.05, 3.63) is 89.2 Å². The van der Waals surface area contributed by atoms with E-state index < -0.39 is 0 Å². The van der Waals surface area contributed by atoms with Gasteiger partial charge in [0.15, 0.2) is 0 Å². The van der Waals surface area contributed by atoms with Crippen LogP contribution in [0.2, 0.25) is 0 Å². The Labute approximate surface area is 148 Å². The van der Waals surface area contributed by atoms with E-state index in [0.29, 0.717) is 12.1 Å². The van der Waals surface area contributed by atoms with Crippen LogP contribution in [0.15, 0.2) is 67.0 Å². The third kappa shape index (κ3) is 4.35. The van der Waals surface area contributed by atoms with Gasteiger partial charge in [0.05, 0.1) is 12.6 Å². The fraction of sp³-hybridized carbons (Fsp3) is 0.238. The van der Waals surface area contributed by atoms with Crippen molar-refractivity contribution in [1.82, 2.24) is 15.1 Å². The van der Waals surface area contributed by atoms with Crippen molar-refractivity contribution in [3.63, 3.8) is 0 Å². The molecule has 3 rings (SSSR count). The maximum absolute atomic E-state index is 12.6. The van der Waals surface area contributed by atoms with E-state index in [1.807, 2.05) is 41.2 Å². The quantitative estimate of drug-likeness (QED) is 0.737. The first-order valence-corrected chi connectivity index (χ1v) is 8.59. The first-order chi connectivity index (χ1) is 12.2. The summed E-state index contributed by atoms with van der Waals surface area (Å²) < 4.78 is 1.86. The monoisotopic (exact) mass is 333 g/mol. The predicted octanol–water partition coefficient (Wildman–Crippen LogP) is 4.12. The number of hydrogen-bond donors (Lipinski definition) is 1. The first-order valence-electron chi connectivity index (χ1n) is 8.59. The van der Waals surface area contributed by atoms with Gasteiger partial charge >= 0.3 is 0 Å². The Morgan fingerprint density at radius 2 is 1.84 bits per heavy atom. The van der Waals surface area contributed by atoms with E-state index in [9.17, 15) is 4.79 Å². The van der Waals surface area contributed by atoms with Crippen LogP contribution in [0.1, 0.15) is 46.4 Å². The number of carbonyl (C=O) groups excluding carboxylic acids is 1. The Bertz CT molecular complexity index is 805. The molecule has 0 fully saturated rings. The molecule has 0 saturated carbocycles. The second-order valence-corrected chi connectivity index (χ2v) is 6.25. The summed E-state index contributed by atoms with van der Waals surface area (Å²) in [6.07, 6.45) is 4.54. The van der Waals surface area contributed by atoms with E-state index in [1.54, 1.807) is 6.20 Å². The van der Waals surface area contributed by atoms with Crippen molar-refractivity contribution in [1.29, 1.82) is 0 Å². The molecule has 1 unspecified atom stereocenters. The van der Waals surface area contributed by atoms with Gasteiger partial charge in [0, 0.05) is 18.0 Å². The van der Waals surface area contributed by atoms with Crippen LogP contribution in [0.3, 0.4) is 0 Å². The second kappa shape index (κ2) is 7.79. The molecule has 4 nitrogen and oxygen atoms in total. The molecular weight excluding hydrogens is 310 g/mol. The van der Waals surface area contributed by atoms with Crippen molar-refractivity contribution >= 4 is 5.91 Å². The molecule has 1 heterocycles. The van der Waals surface area contributed by atoms with Gasteiger partial charge in [-0.3, -0.25) is 9.48 Å². The third-order valence-electron chi connectivity index (χ3n) is 4.31. The molecule has 25 heavy (non-hydrogen) atoms. The third-order valence-corrected chi connectivity index (χ3v) is 4.31. The zero-order chi connectivity index (χ0) is 17.6. The van der Waals surface area contributed by atoms with Gasteiger partial charge in [0.2, 0.25) is 0 Å². The summed E-state index contributed by atoms with van der Waals surface area (Å²) in [7, 11) is 0. The van der Waals surface area contributed by atoms with Gasteiger partial charge < -0.3 is 5.32 Å². The van der Waals surface area contributed by atoms with Gasteiger partial charge in [0.1, 0.15) is 0 Å². The van der Waals surface area contributed by atoms with Gasteiger partial charge in [0.25, 0.3) is 5.91 Å². The highest BCUT2D eigenvalue weighted by Gasteiger charge is 2.14. The molecule has 0 aliphatic heterocycles. The minimum atomic E-state index is -0.0435. The number of amides is 1. The largest absolute Gasteiger partial charge is 0.345 e. The number of aromatic nitrogens is 2. The van der Waals surface area contributed by atoms with Crippen molar-refractivity contribution in [2.45, 2.75) is 32.9 Å². The van der Waals surface area contributed by atoms with Crippen LogP contribution in [-0.2, 0) is 6.54 Å². The van der Waals surface area contributed by atoms with Crippen molar-refractivity contribution in [3.8, 4) is 0 Å². The van der Waals surface area contributed by atoms with Crippen LogP contribution in [-0.4, -0.2) is 15.7 Å². The Kier molecular flexibility index (Phi) is 5.29. The molecule has 4 heteroatoms. The summed E-state index contributed by atoms with van der Waals surface area (Å²) >= 11 is 0. The van der Waals surface area contributed by atoms with Crippen molar-refractivity contribution in [2.75, 3.05) is 0 Å². The number of rotatable bonds is 6. The molecule has 0 aliphatic carbocycles. The number of benzene rings is 2. The molecule has 3 aromatic rings. The van der Waals surface area contributed by atoms with Gasteiger partial charge in [-0.2, -0.15) is 5.10 Å². The van der Waals surface area contributed by atoms with Crippen molar-refractivity contribution in [2.24, 2.45) is 0 Å². The number of nitrogens with zero attached hydrogens (tertiary/aromatic N) is 2. The second-order valence-electron chi connectivity index (χ2n) is 6.25. The lowest BCUT2D eigenvalue weighted by Gasteiger charge is -2.18. The lowest BCUT2D eigenvalue weighted by molar-refractivity contribution is 0.0935. The fourth-order valence-electron chi connectivity index (χ4n) is 2.80. The summed E-state index contributed by atoms with van der Waals surface area (Å²) in [5.74, 6) is -0.0435.